The molecule has 1 heterocycles. The molecule has 1 N–H and O–H groups in total. The lowest BCUT2D eigenvalue weighted by atomic mass is 10.1. The zero-order valence-corrected chi connectivity index (χ0v) is 14.8. The van der Waals surface area contributed by atoms with Crippen molar-refractivity contribution in [3.63, 3.8) is 0 Å². The second-order valence-corrected chi connectivity index (χ2v) is 6.81. The number of hydrogen-bond acceptors (Lipinski definition) is 4. The van der Waals surface area contributed by atoms with Crippen LogP contribution >= 0.6 is 0 Å². The second kappa shape index (κ2) is 8.85. The van der Waals surface area contributed by atoms with Gasteiger partial charge in [-0.25, -0.2) is 0 Å². The summed E-state index contributed by atoms with van der Waals surface area (Å²) in [5.74, 6) is -0.218. The molecule has 1 saturated heterocycles. The third-order valence-corrected chi connectivity index (χ3v) is 4.73. The summed E-state index contributed by atoms with van der Waals surface area (Å²) < 4.78 is 11.4. The number of carbonyl (C=O) groups excluding carboxylic acids is 1. The van der Waals surface area contributed by atoms with Gasteiger partial charge in [-0.3, -0.25) is 9.59 Å². The molecule has 1 aliphatic heterocycles. The number of amides is 1. The van der Waals surface area contributed by atoms with Crippen molar-refractivity contribution in [2.24, 2.45) is 0 Å². The van der Waals surface area contributed by atoms with Gasteiger partial charge in [0.2, 0.25) is 5.91 Å². The number of carboxylic acid groups (broad SMARTS) is 1. The molecule has 6 heteroatoms. The first-order chi connectivity index (χ1) is 12.6. The van der Waals surface area contributed by atoms with E-state index in [0.29, 0.717) is 25.8 Å². The standard InChI is InChI=1S/C20H25NO5/c22-19(21-10-11-25-18(14-21)13-20(23)24)9-8-15-4-3-7-17(12-15)26-16-5-1-2-6-16/h3-4,7-9,12,16,18H,1-2,5-6,10-11,13-14H2,(H,23,24). The lowest BCUT2D eigenvalue weighted by Gasteiger charge is -2.31. The van der Waals surface area contributed by atoms with E-state index < -0.39 is 12.1 Å². The third kappa shape index (κ3) is 5.33. The Morgan fingerprint density at radius 3 is 2.88 bits per heavy atom. The summed E-state index contributed by atoms with van der Waals surface area (Å²) in [5, 5.41) is 8.86. The summed E-state index contributed by atoms with van der Waals surface area (Å²) in [6.45, 7) is 1.15. The highest BCUT2D eigenvalue weighted by molar-refractivity contribution is 5.92. The Hall–Kier alpha value is -2.34. The lowest BCUT2D eigenvalue weighted by Crippen LogP contribution is -2.45. The highest BCUT2D eigenvalue weighted by Crippen LogP contribution is 2.24. The molecule has 1 aliphatic carbocycles. The number of benzene rings is 1. The molecule has 1 atom stereocenters. The molecule has 26 heavy (non-hydrogen) atoms. The van der Waals surface area contributed by atoms with Crippen molar-refractivity contribution >= 4 is 18.0 Å². The largest absolute Gasteiger partial charge is 0.490 e. The minimum absolute atomic E-state index is 0.0892. The van der Waals surface area contributed by atoms with Crippen molar-refractivity contribution in [3.05, 3.63) is 35.9 Å². The van der Waals surface area contributed by atoms with E-state index in [-0.39, 0.29) is 12.3 Å². The van der Waals surface area contributed by atoms with E-state index in [1.165, 1.54) is 18.9 Å². The fourth-order valence-corrected chi connectivity index (χ4v) is 3.40. The molecule has 2 fully saturated rings. The number of carboxylic acids is 1. The molecule has 6 nitrogen and oxygen atoms in total. The maximum absolute atomic E-state index is 12.4. The fourth-order valence-electron chi connectivity index (χ4n) is 3.40. The van der Waals surface area contributed by atoms with Crippen LogP contribution in [0.5, 0.6) is 5.75 Å². The van der Waals surface area contributed by atoms with Crippen LogP contribution in [0.2, 0.25) is 0 Å². The average molecular weight is 359 g/mol. The molecule has 1 unspecified atom stereocenters. The van der Waals surface area contributed by atoms with E-state index in [0.717, 1.165) is 24.2 Å². The SMILES string of the molecule is O=C(O)CC1CN(C(=O)C=Cc2cccc(OC3CCCC3)c2)CCO1. The van der Waals surface area contributed by atoms with Gasteiger partial charge in [-0.15, -0.1) is 0 Å². The predicted molar refractivity (Wildman–Crippen MR) is 96.9 cm³/mol. The molecule has 0 bridgehead atoms. The highest BCUT2D eigenvalue weighted by atomic mass is 16.5. The zero-order chi connectivity index (χ0) is 18.4. The molecule has 1 amide bonds. The van der Waals surface area contributed by atoms with Crippen LogP contribution in [0.3, 0.4) is 0 Å². The first kappa shape index (κ1) is 18.5. The van der Waals surface area contributed by atoms with E-state index in [1.54, 1.807) is 11.0 Å². The van der Waals surface area contributed by atoms with Crippen LogP contribution < -0.4 is 4.74 Å². The molecule has 140 valence electrons. The van der Waals surface area contributed by atoms with Crippen LogP contribution in [-0.4, -0.2) is 53.8 Å². The van der Waals surface area contributed by atoms with Crippen molar-refractivity contribution in [2.75, 3.05) is 19.7 Å². The molecule has 0 spiro atoms. The monoisotopic (exact) mass is 359 g/mol. The molecule has 1 saturated carbocycles. The summed E-state index contributed by atoms with van der Waals surface area (Å²) in [7, 11) is 0. The number of carbonyl (C=O) groups is 2. The van der Waals surface area contributed by atoms with E-state index >= 15 is 0 Å². The van der Waals surface area contributed by atoms with Gasteiger partial charge in [0.05, 0.1) is 25.2 Å². The van der Waals surface area contributed by atoms with Crippen LogP contribution in [0.4, 0.5) is 0 Å². The van der Waals surface area contributed by atoms with Crippen LogP contribution in [0.15, 0.2) is 30.3 Å². The van der Waals surface area contributed by atoms with E-state index in [1.807, 2.05) is 24.3 Å². The van der Waals surface area contributed by atoms with Gasteiger partial charge in [-0.05, 0) is 49.5 Å². The molecule has 0 aromatic heterocycles. The third-order valence-electron chi connectivity index (χ3n) is 4.73. The van der Waals surface area contributed by atoms with E-state index in [4.69, 9.17) is 14.6 Å². The Bertz CT molecular complexity index is 666. The summed E-state index contributed by atoms with van der Waals surface area (Å²) >= 11 is 0. The van der Waals surface area contributed by atoms with E-state index in [2.05, 4.69) is 0 Å². The maximum Gasteiger partial charge on any atom is 0.306 e. The van der Waals surface area contributed by atoms with Crippen molar-refractivity contribution in [1.29, 1.82) is 0 Å². The number of morpholine rings is 1. The van der Waals surface area contributed by atoms with Crippen molar-refractivity contribution in [2.45, 2.75) is 44.3 Å². The molecule has 2 aliphatic rings. The van der Waals surface area contributed by atoms with Crippen molar-refractivity contribution in [3.8, 4) is 5.75 Å². The molecule has 3 rings (SSSR count). The minimum Gasteiger partial charge on any atom is -0.490 e. The molecule has 1 aromatic carbocycles. The maximum atomic E-state index is 12.4. The number of hydrogen-bond donors (Lipinski definition) is 1. The van der Waals surface area contributed by atoms with Crippen LogP contribution in [0.1, 0.15) is 37.7 Å². The number of aliphatic carboxylic acids is 1. The molecule has 1 aromatic rings. The summed E-state index contributed by atoms with van der Waals surface area (Å²) in [4.78, 5) is 24.8. The Kier molecular flexibility index (Phi) is 6.28. The van der Waals surface area contributed by atoms with Gasteiger partial charge in [0.15, 0.2) is 0 Å². The van der Waals surface area contributed by atoms with Gasteiger partial charge in [-0.1, -0.05) is 12.1 Å². The van der Waals surface area contributed by atoms with Gasteiger partial charge in [0.25, 0.3) is 0 Å². The smallest absolute Gasteiger partial charge is 0.306 e. The predicted octanol–water partition coefficient (Wildman–Crippen LogP) is 2.72. The van der Waals surface area contributed by atoms with Gasteiger partial charge in [0.1, 0.15) is 5.75 Å². The Labute approximate surface area is 153 Å². The number of nitrogens with zero attached hydrogens (tertiary/aromatic N) is 1. The zero-order valence-electron chi connectivity index (χ0n) is 14.8. The lowest BCUT2D eigenvalue weighted by molar-refractivity contribution is -0.145. The Balaban J connectivity index is 1.56. The summed E-state index contributed by atoms with van der Waals surface area (Å²) in [5.41, 5.74) is 0.907. The quantitative estimate of drug-likeness (QED) is 0.791. The van der Waals surface area contributed by atoms with Gasteiger partial charge in [-0.2, -0.15) is 0 Å². The highest BCUT2D eigenvalue weighted by Gasteiger charge is 2.24. The number of ether oxygens (including phenoxy) is 2. The van der Waals surface area contributed by atoms with Crippen LogP contribution in [0, 0.1) is 0 Å². The average Bonchev–Trinajstić information content (AvgIpc) is 3.12. The Morgan fingerprint density at radius 2 is 2.12 bits per heavy atom. The van der Waals surface area contributed by atoms with Crippen molar-refractivity contribution < 1.29 is 24.2 Å². The minimum atomic E-state index is -0.918. The van der Waals surface area contributed by atoms with Gasteiger partial charge >= 0.3 is 5.97 Å². The van der Waals surface area contributed by atoms with E-state index in [9.17, 15) is 9.59 Å². The first-order valence-corrected chi connectivity index (χ1v) is 9.17. The van der Waals surface area contributed by atoms with Gasteiger partial charge < -0.3 is 19.5 Å². The number of rotatable bonds is 6. The Morgan fingerprint density at radius 1 is 1.31 bits per heavy atom. The van der Waals surface area contributed by atoms with Crippen LogP contribution in [-0.2, 0) is 14.3 Å². The molecule has 0 radical (unpaired) electrons. The summed E-state index contributed by atoms with van der Waals surface area (Å²) in [6.07, 6.45) is 7.72. The second-order valence-electron chi connectivity index (χ2n) is 6.81. The van der Waals surface area contributed by atoms with Crippen LogP contribution in [0.25, 0.3) is 6.08 Å². The fraction of sp³-hybridized carbons (Fsp3) is 0.500. The van der Waals surface area contributed by atoms with Gasteiger partial charge in [0, 0.05) is 19.2 Å². The molecular weight excluding hydrogens is 334 g/mol. The van der Waals surface area contributed by atoms with Crippen molar-refractivity contribution in [1.82, 2.24) is 4.90 Å². The normalized spacial score (nSPS) is 21.2. The topological polar surface area (TPSA) is 76.1 Å². The summed E-state index contributed by atoms with van der Waals surface area (Å²) in [6, 6.07) is 7.73. The molecular formula is C20H25NO5. The first-order valence-electron chi connectivity index (χ1n) is 9.17.